The Morgan fingerprint density at radius 3 is 1.45 bits per heavy atom. The molecule has 6 bridgehead atoms. The number of benzene rings is 2. The lowest BCUT2D eigenvalue weighted by molar-refractivity contribution is -0.105. The van der Waals surface area contributed by atoms with E-state index >= 15 is 0 Å². The van der Waals surface area contributed by atoms with E-state index < -0.39 is 0 Å². The molecule has 0 amide bonds. The molecule has 0 radical (unpaired) electrons. The van der Waals surface area contributed by atoms with Crippen molar-refractivity contribution in [2.75, 3.05) is 13.1 Å². The summed E-state index contributed by atoms with van der Waals surface area (Å²) in [5.74, 6) is 1.20. The molecule has 4 aliphatic heterocycles. The molecule has 6 atom stereocenters. The number of hydrogen-bond donors (Lipinski definition) is 2. The number of rotatable bonds is 12. The molecule has 4 saturated carbocycles. The number of ketones is 2. The van der Waals surface area contributed by atoms with Crippen molar-refractivity contribution in [2.45, 2.75) is 145 Å². The first kappa shape index (κ1) is 41.5. The third kappa shape index (κ3) is 7.26. The zero-order valence-corrected chi connectivity index (χ0v) is 36.7. The molecular weight excluding hydrogens is 796 g/mol. The van der Waals surface area contributed by atoms with E-state index in [9.17, 15) is 19.8 Å². The number of aliphatic hydroxyl groups is 2. The average molecular weight is 854 g/mol. The molecule has 2 N–H and O–H groups in total. The molecule has 8 fully saturated rings. The summed E-state index contributed by atoms with van der Waals surface area (Å²) >= 11 is 6.81. The number of halogens is 1. The molecule has 4 aromatic rings. The summed E-state index contributed by atoms with van der Waals surface area (Å²) in [7, 11) is 0. The van der Waals surface area contributed by atoms with E-state index in [2.05, 4.69) is 37.1 Å². The van der Waals surface area contributed by atoms with Crippen molar-refractivity contribution in [3.05, 3.63) is 106 Å². The molecular formula is C51H57ClN6O4. The van der Waals surface area contributed by atoms with Gasteiger partial charge in [-0.3, -0.25) is 19.4 Å². The van der Waals surface area contributed by atoms with Gasteiger partial charge in [0.2, 0.25) is 0 Å². The van der Waals surface area contributed by atoms with Crippen LogP contribution < -0.4 is 0 Å². The summed E-state index contributed by atoms with van der Waals surface area (Å²) in [6, 6.07) is 24.6. The molecule has 4 saturated heterocycles. The van der Waals surface area contributed by atoms with Crippen LogP contribution in [0.15, 0.2) is 60.7 Å². The molecule has 4 aliphatic carbocycles. The Morgan fingerprint density at radius 2 is 1.13 bits per heavy atom. The van der Waals surface area contributed by atoms with Gasteiger partial charge in [0.1, 0.15) is 0 Å². The minimum atomic E-state index is -0.304. The average Bonchev–Trinajstić information content (AvgIpc) is 4.07. The van der Waals surface area contributed by atoms with Crippen LogP contribution >= 0.6 is 11.6 Å². The molecule has 322 valence electrons. The third-order valence-corrected chi connectivity index (χ3v) is 16.7. The van der Waals surface area contributed by atoms with Crippen molar-refractivity contribution < 1.29 is 19.8 Å². The van der Waals surface area contributed by atoms with Gasteiger partial charge in [-0.05, 0) is 169 Å². The number of nitriles is 2. The summed E-state index contributed by atoms with van der Waals surface area (Å²) in [6.45, 7) is 4.79. The van der Waals surface area contributed by atoms with Gasteiger partial charge in [0, 0.05) is 75.9 Å². The highest BCUT2D eigenvalue weighted by atomic mass is 35.5. The van der Waals surface area contributed by atoms with Crippen LogP contribution in [0, 0.1) is 47.8 Å². The number of carbonyl (C=O) groups is 2. The fraction of sp³-hybridized carbons (Fsp3) is 0.529. The molecule has 62 heavy (non-hydrogen) atoms. The number of nitrogens with zero attached hydrogens (tertiary/aromatic N) is 6. The van der Waals surface area contributed by atoms with Crippen molar-refractivity contribution in [3.8, 4) is 23.5 Å². The van der Waals surface area contributed by atoms with E-state index in [1.807, 2.05) is 68.4 Å². The Kier molecular flexibility index (Phi) is 10.6. The highest BCUT2D eigenvalue weighted by Crippen LogP contribution is 2.66. The Hall–Kier alpha value is -4.55. The van der Waals surface area contributed by atoms with Gasteiger partial charge in [-0.25, -0.2) is 0 Å². The zero-order valence-electron chi connectivity index (χ0n) is 35.9. The van der Waals surface area contributed by atoms with E-state index in [0.717, 1.165) is 116 Å². The first-order valence-corrected chi connectivity index (χ1v) is 23.3. The van der Waals surface area contributed by atoms with Crippen LogP contribution in [0.3, 0.4) is 0 Å². The van der Waals surface area contributed by atoms with Crippen LogP contribution in [0.1, 0.15) is 132 Å². The summed E-state index contributed by atoms with van der Waals surface area (Å²) < 4.78 is 4.37. The maximum absolute atomic E-state index is 13.4. The predicted octanol–water partition coefficient (Wildman–Crippen LogP) is 7.92. The number of alkyl halides is 1. The molecule has 2 aromatic carbocycles. The van der Waals surface area contributed by atoms with Gasteiger partial charge in [0.15, 0.2) is 11.6 Å². The van der Waals surface area contributed by atoms with Crippen molar-refractivity contribution in [1.82, 2.24) is 18.9 Å². The van der Waals surface area contributed by atoms with E-state index in [0.29, 0.717) is 41.7 Å². The fourth-order valence-electron chi connectivity index (χ4n) is 12.7. The van der Waals surface area contributed by atoms with Gasteiger partial charge in [0.05, 0.1) is 53.4 Å². The van der Waals surface area contributed by atoms with Gasteiger partial charge in [-0.2, -0.15) is 10.5 Å². The molecule has 10 nitrogen and oxygen atoms in total. The minimum Gasteiger partial charge on any atom is -0.391 e. The smallest absolute Gasteiger partial charge is 0.178 e. The number of carbonyl (C=O) groups excluding carboxylic acids is 2. The van der Waals surface area contributed by atoms with Crippen LogP contribution in [-0.4, -0.2) is 95.1 Å². The number of aromatic nitrogens is 2. The second-order valence-corrected chi connectivity index (χ2v) is 20.8. The van der Waals surface area contributed by atoms with E-state index in [1.165, 1.54) is 25.0 Å². The van der Waals surface area contributed by atoms with Crippen LogP contribution in [0.2, 0.25) is 0 Å². The molecule has 4 unspecified atom stereocenters. The molecule has 6 heterocycles. The van der Waals surface area contributed by atoms with Gasteiger partial charge in [-0.15, -0.1) is 11.6 Å². The number of Topliss-reactive ketones (excluding diaryl/α,β-unsaturated/α-hetero) is 2. The van der Waals surface area contributed by atoms with Crippen LogP contribution in [-0.2, 0) is 12.8 Å². The maximum atomic E-state index is 13.4. The largest absolute Gasteiger partial charge is 0.391 e. The molecule has 0 spiro atoms. The predicted molar refractivity (Wildman–Crippen MR) is 237 cm³/mol. The maximum Gasteiger partial charge on any atom is 0.178 e. The lowest BCUT2D eigenvalue weighted by Crippen LogP contribution is -2.53. The van der Waals surface area contributed by atoms with E-state index in [4.69, 9.17) is 22.1 Å². The third-order valence-electron chi connectivity index (χ3n) is 16.2. The zero-order chi connectivity index (χ0) is 43.1. The van der Waals surface area contributed by atoms with Crippen LogP contribution in [0.25, 0.3) is 11.4 Å². The van der Waals surface area contributed by atoms with Crippen molar-refractivity contribution in [2.24, 2.45) is 11.3 Å². The Bertz CT molecular complexity index is 2310. The lowest BCUT2D eigenvalue weighted by Gasteiger charge is -2.62. The second kappa shape index (κ2) is 15.9. The first-order chi connectivity index (χ1) is 29.8. The minimum absolute atomic E-state index is 0.106. The Morgan fingerprint density at radius 1 is 0.694 bits per heavy atom. The van der Waals surface area contributed by atoms with Gasteiger partial charge in [0.25, 0.3) is 0 Å². The quantitative estimate of drug-likeness (QED) is 0.108. The molecule has 8 aliphatic rings. The Labute approximate surface area is 369 Å². The lowest BCUT2D eigenvalue weighted by atomic mass is 9.43. The fourth-order valence-corrected chi connectivity index (χ4v) is 13.1. The highest BCUT2D eigenvalue weighted by molar-refractivity contribution is 6.24. The van der Waals surface area contributed by atoms with E-state index in [1.54, 1.807) is 0 Å². The SMILES string of the molecule is Cc1c(C(=O)CN2C3CCC2[C@@H](O)C3)cc(CC2(Cl)CCC2)n1-c1ccc(C#N)cc1.Cc1c(C(=O)CN2C3CCC2[C@@H](O)C3)cc(CC23CC(C2)C3)n1-c1ccc(C#N)cc1. The van der Waals surface area contributed by atoms with Gasteiger partial charge in [-0.1, -0.05) is 0 Å². The van der Waals surface area contributed by atoms with Gasteiger partial charge >= 0.3 is 0 Å². The van der Waals surface area contributed by atoms with Crippen molar-refractivity contribution in [3.63, 3.8) is 0 Å². The van der Waals surface area contributed by atoms with Crippen molar-refractivity contribution >= 4 is 23.2 Å². The summed E-state index contributed by atoms with van der Waals surface area (Å²) in [6.07, 6.45) is 14.0. The number of fused-ring (bicyclic) bond motifs is 4. The second-order valence-electron chi connectivity index (χ2n) is 20.0. The Balaban J connectivity index is 0.000000148. The molecule has 2 aromatic heterocycles. The molecule has 12 rings (SSSR count). The van der Waals surface area contributed by atoms with E-state index in [-0.39, 0.29) is 40.7 Å². The van der Waals surface area contributed by atoms with Crippen LogP contribution in [0.4, 0.5) is 0 Å². The summed E-state index contributed by atoms with van der Waals surface area (Å²) in [4.78, 5) is 31.0. The standard InChI is InChI=1S/C26H29N3O2.C25H28ClN3O2/c1-16-22(25(31)15-28-20-6-7-23(28)24(30)9-20)8-21(13-26-10-18(11-26)12-26)29(16)19-4-2-17(14-27)3-5-19;1-16-21(24(31)15-28-19-7-8-22(28)23(30)12-19)11-20(13-25(26)9-2-10-25)29(16)18-5-3-17(14-27)4-6-18/h2-5,8,18,20,23-24,30H,6-7,9-13,15H2,1H3;3-6,11,19,22-23,30H,2,7-10,12-13,15H2,1H3/t18?,20?,23?,24-,26?;19?,22?,23-/m00/s1. The normalized spacial score (nSPS) is 29.8. The number of hydrogen-bond acceptors (Lipinski definition) is 8. The highest BCUT2D eigenvalue weighted by Gasteiger charge is 2.56. The number of aliphatic hydroxyl groups excluding tert-OH is 2. The van der Waals surface area contributed by atoms with Crippen LogP contribution in [0.5, 0.6) is 0 Å². The summed E-state index contributed by atoms with van der Waals surface area (Å²) in [5, 5.41) is 38.8. The van der Waals surface area contributed by atoms with Crippen molar-refractivity contribution in [1.29, 1.82) is 10.5 Å². The summed E-state index contributed by atoms with van der Waals surface area (Å²) in [5.41, 5.74) is 9.38. The topological polar surface area (TPSA) is 139 Å². The van der Waals surface area contributed by atoms with Gasteiger partial charge < -0.3 is 19.3 Å². The molecule has 11 heteroatoms. The monoisotopic (exact) mass is 852 g/mol. The first-order valence-electron chi connectivity index (χ1n) is 22.9.